The Bertz CT molecular complexity index is 532. The number of ether oxygens (including phenoxy) is 2. The highest BCUT2D eigenvalue weighted by atomic mass is 16.5. The van der Waals surface area contributed by atoms with Gasteiger partial charge in [0, 0.05) is 20.1 Å². The molecule has 0 aliphatic rings. The van der Waals surface area contributed by atoms with E-state index in [9.17, 15) is 4.79 Å². The van der Waals surface area contributed by atoms with E-state index in [1.54, 1.807) is 21.3 Å². The van der Waals surface area contributed by atoms with E-state index in [-0.39, 0.29) is 12.5 Å². The average Bonchev–Trinajstić information content (AvgIpc) is 2.59. The zero-order valence-electron chi connectivity index (χ0n) is 14.2. The number of carbonyl (C=O) groups excluding carboxylic acids is 1. The van der Waals surface area contributed by atoms with Crippen molar-refractivity contribution in [2.45, 2.75) is 19.9 Å². The minimum absolute atomic E-state index is 0.0547. The van der Waals surface area contributed by atoms with E-state index < -0.39 is 0 Å². The van der Waals surface area contributed by atoms with E-state index in [1.807, 2.05) is 25.1 Å². The molecule has 1 amide bonds. The first-order valence-electron chi connectivity index (χ1n) is 7.56. The van der Waals surface area contributed by atoms with Gasteiger partial charge in [0.2, 0.25) is 5.91 Å². The summed E-state index contributed by atoms with van der Waals surface area (Å²) < 4.78 is 10.5. The number of carbonyl (C=O) groups is 1. The van der Waals surface area contributed by atoms with Crippen molar-refractivity contribution in [1.82, 2.24) is 16.0 Å². The van der Waals surface area contributed by atoms with E-state index in [4.69, 9.17) is 9.47 Å². The van der Waals surface area contributed by atoms with Gasteiger partial charge in [-0.05, 0) is 24.1 Å². The van der Waals surface area contributed by atoms with Gasteiger partial charge in [0.15, 0.2) is 17.5 Å². The van der Waals surface area contributed by atoms with E-state index in [0.717, 1.165) is 12.0 Å². The van der Waals surface area contributed by atoms with Crippen LogP contribution in [0.1, 0.15) is 18.9 Å². The summed E-state index contributed by atoms with van der Waals surface area (Å²) in [5.74, 6) is 1.87. The first-order valence-corrected chi connectivity index (χ1v) is 7.56. The Morgan fingerprint density at radius 1 is 1.13 bits per heavy atom. The molecule has 0 radical (unpaired) electrons. The Labute approximate surface area is 137 Å². The third-order valence-electron chi connectivity index (χ3n) is 3.12. The maximum atomic E-state index is 11.6. The molecule has 3 N–H and O–H groups in total. The third-order valence-corrected chi connectivity index (χ3v) is 3.12. The molecule has 0 heterocycles. The number of hydrogen-bond donors (Lipinski definition) is 3. The standard InChI is InChI=1S/C16H26N4O3/c1-5-8-18-15(21)11-20-16(17-2)19-10-12-6-7-13(22-3)14(9-12)23-4/h6-7,9H,5,8,10-11H2,1-4H3,(H,18,21)(H2,17,19,20). The smallest absolute Gasteiger partial charge is 0.239 e. The normalized spacial score (nSPS) is 10.9. The number of methoxy groups -OCH3 is 2. The highest BCUT2D eigenvalue weighted by molar-refractivity contribution is 5.86. The van der Waals surface area contributed by atoms with Gasteiger partial charge in [-0.2, -0.15) is 0 Å². The quantitative estimate of drug-likeness (QED) is 0.489. The van der Waals surface area contributed by atoms with Gasteiger partial charge in [-0.25, -0.2) is 0 Å². The predicted octanol–water partition coefficient (Wildman–Crippen LogP) is 0.895. The van der Waals surface area contributed by atoms with Crippen molar-refractivity contribution in [3.8, 4) is 11.5 Å². The summed E-state index contributed by atoms with van der Waals surface area (Å²) in [4.78, 5) is 15.7. The van der Waals surface area contributed by atoms with Crippen LogP contribution in [0.25, 0.3) is 0 Å². The van der Waals surface area contributed by atoms with Crippen LogP contribution >= 0.6 is 0 Å². The van der Waals surface area contributed by atoms with Crippen LogP contribution in [0, 0.1) is 0 Å². The minimum atomic E-state index is -0.0547. The van der Waals surface area contributed by atoms with Gasteiger partial charge >= 0.3 is 0 Å². The van der Waals surface area contributed by atoms with Crippen molar-refractivity contribution in [1.29, 1.82) is 0 Å². The molecule has 0 aliphatic heterocycles. The molecule has 7 nitrogen and oxygen atoms in total. The second kappa shape index (κ2) is 10.3. The Morgan fingerprint density at radius 2 is 1.87 bits per heavy atom. The van der Waals surface area contributed by atoms with Crippen molar-refractivity contribution < 1.29 is 14.3 Å². The topological polar surface area (TPSA) is 84.0 Å². The second-order valence-corrected chi connectivity index (χ2v) is 4.82. The van der Waals surface area contributed by atoms with E-state index in [2.05, 4.69) is 20.9 Å². The van der Waals surface area contributed by atoms with Crippen LogP contribution in [-0.4, -0.2) is 46.2 Å². The van der Waals surface area contributed by atoms with Crippen molar-refractivity contribution >= 4 is 11.9 Å². The Balaban J connectivity index is 2.50. The number of benzene rings is 1. The number of hydrogen-bond acceptors (Lipinski definition) is 4. The highest BCUT2D eigenvalue weighted by Gasteiger charge is 2.06. The molecule has 0 aliphatic carbocycles. The molecule has 0 bridgehead atoms. The fourth-order valence-electron chi connectivity index (χ4n) is 1.89. The molecule has 1 rings (SSSR count). The van der Waals surface area contributed by atoms with E-state index >= 15 is 0 Å². The number of rotatable bonds is 8. The number of nitrogens with one attached hydrogen (secondary N) is 3. The lowest BCUT2D eigenvalue weighted by Crippen LogP contribution is -2.43. The summed E-state index contributed by atoms with van der Waals surface area (Å²) in [6.45, 7) is 3.43. The fraction of sp³-hybridized carbons (Fsp3) is 0.500. The van der Waals surface area contributed by atoms with Crippen LogP contribution in [0.15, 0.2) is 23.2 Å². The summed E-state index contributed by atoms with van der Waals surface area (Å²) in [6.07, 6.45) is 0.915. The second-order valence-electron chi connectivity index (χ2n) is 4.82. The number of nitrogens with zero attached hydrogens (tertiary/aromatic N) is 1. The first kappa shape index (κ1) is 18.6. The van der Waals surface area contributed by atoms with Crippen molar-refractivity contribution in [3.05, 3.63) is 23.8 Å². The Morgan fingerprint density at radius 3 is 2.48 bits per heavy atom. The van der Waals surface area contributed by atoms with Crippen LogP contribution in [0.3, 0.4) is 0 Å². The molecule has 0 spiro atoms. The van der Waals surface area contributed by atoms with Gasteiger partial charge in [-0.1, -0.05) is 13.0 Å². The maximum Gasteiger partial charge on any atom is 0.239 e. The number of aliphatic imine (C=N–C) groups is 1. The summed E-state index contributed by atoms with van der Waals surface area (Å²) >= 11 is 0. The predicted molar refractivity (Wildman–Crippen MR) is 91.0 cm³/mol. The third kappa shape index (κ3) is 6.46. The van der Waals surface area contributed by atoms with Gasteiger partial charge in [-0.15, -0.1) is 0 Å². The summed E-state index contributed by atoms with van der Waals surface area (Å²) in [5, 5.41) is 8.92. The molecule has 23 heavy (non-hydrogen) atoms. The van der Waals surface area contributed by atoms with Gasteiger partial charge < -0.3 is 25.4 Å². The molecule has 0 saturated heterocycles. The Kier molecular flexibility index (Phi) is 8.34. The molecular weight excluding hydrogens is 296 g/mol. The molecule has 0 saturated carbocycles. The molecular formula is C16H26N4O3. The van der Waals surface area contributed by atoms with Crippen molar-refractivity contribution in [3.63, 3.8) is 0 Å². The molecule has 0 unspecified atom stereocenters. The van der Waals surface area contributed by atoms with Crippen LogP contribution < -0.4 is 25.4 Å². The zero-order chi connectivity index (χ0) is 17.1. The van der Waals surface area contributed by atoms with Crippen LogP contribution in [0.2, 0.25) is 0 Å². The largest absolute Gasteiger partial charge is 0.493 e. The van der Waals surface area contributed by atoms with Gasteiger partial charge in [0.05, 0.1) is 20.8 Å². The summed E-state index contributed by atoms with van der Waals surface area (Å²) in [6, 6.07) is 5.69. The lowest BCUT2D eigenvalue weighted by molar-refractivity contribution is -0.120. The maximum absolute atomic E-state index is 11.6. The van der Waals surface area contributed by atoms with Crippen LogP contribution in [-0.2, 0) is 11.3 Å². The van der Waals surface area contributed by atoms with Gasteiger partial charge in [0.1, 0.15) is 0 Å². The Hall–Kier alpha value is -2.44. The van der Waals surface area contributed by atoms with E-state index in [1.165, 1.54) is 0 Å². The molecule has 1 aromatic rings. The number of guanidine groups is 1. The van der Waals surface area contributed by atoms with Gasteiger partial charge in [0.25, 0.3) is 0 Å². The minimum Gasteiger partial charge on any atom is -0.493 e. The molecule has 0 fully saturated rings. The number of amides is 1. The van der Waals surface area contributed by atoms with Gasteiger partial charge in [-0.3, -0.25) is 9.79 Å². The van der Waals surface area contributed by atoms with Crippen molar-refractivity contribution in [2.24, 2.45) is 4.99 Å². The SMILES string of the molecule is CCCNC(=O)CNC(=NC)NCc1ccc(OC)c(OC)c1. The zero-order valence-corrected chi connectivity index (χ0v) is 14.2. The monoisotopic (exact) mass is 322 g/mol. The average molecular weight is 322 g/mol. The lowest BCUT2D eigenvalue weighted by Gasteiger charge is -2.13. The lowest BCUT2D eigenvalue weighted by atomic mass is 10.2. The molecule has 1 aromatic carbocycles. The van der Waals surface area contributed by atoms with Crippen LogP contribution in [0.4, 0.5) is 0 Å². The molecule has 7 heteroatoms. The van der Waals surface area contributed by atoms with E-state index in [0.29, 0.717) is 30.5 Å². The molecule has 0 aromatic heterocycles. The van der Waals surface area contributed by atoms with Crippen LogP contribution in [0.5, 0.6) is 11.5 Å². The molecule has 128 valence electrons. The summed E-state index contributed by atoms with van der Waals surface area (Å²) in [5.41, 5.74) is 1.01. The summed E-state index contributed by atoms with van der Waals surface area (Å²) in [7, 11) is 4.86. The molecule has 0 atom stereocenters. The van der Waals surface area contributed by atoms with Crippen molar-refractivity contribution in [2.75, 3.05) is 34.4 Å². The fourth-order valence-corrected chi connectivity index (χ4v) is 1.89. The highest BCUT2D eigenvalue weighted by Crippen LogP contribution is 2.27. The first-order chi connectivity index (χ1) is 11.1.